The fourth-order valence-electron chi connectivity index (χ4n) is 2.46. The van der Waals surface area contributed by atoms with Crippen molar-refractivity contribution in [3.05, 3.63) is 59.9 Å². The number of anilines is 1. The number of halogens is 1. The smallest absolute Gasteiger partial charge is 0.278 e. The highest BCUT2D eigenvalue weighted by Gasteiger charge is 2.46. The molecule has 2 aromatic rings. The van der Waals surface area contributed by atoms with Gasteiger partial charge in [0.05, 0.1) is 5.69 Å². The van der Waals surface area contributed by atoms with Gasteiger partial charge in [0.25, 0.3) is 17.4 Å². The van der Waals surface area contributed by atoms with Gasteiger partial charge in [0.15, 0.2) is 0 Å². The number of nitrogens with one attached hydrogen (secondary N) is 2. The van der Waals surface area contributed by atoms with Crippen molar-refractivity contribution in [3.8, 4) is 5.75 Å². The number of fused-ring (bicyclic) bond motifs is 1. The van der Waals surface area contributed by atoms with E-state index in [1.165, 1.54) is 19.1 Å². The van der Waals surface area contributed by atoms with Crippen LogP contribution in [-0.4, -0.2) is 24.0 Å². The number of ether oxygens (including phenoxy) is 1. The Kier molecular flexibility index (Phi) is 4.20. The van der Waals surface area contributed by atoms with Gasteiger partial charge in [-0.05, 0) is 43.2 Å². The van der Waals surface area contributed by atoms with E-state index in [-0.39, 0.29) is 5.82 Å². The summed E-state index contributed by atoms with van der Waals surface area (Å²) >= 11 is 0. The largest absolute Gasteiger partial charge is 0.466 e. The first-order valence-corrected chi connectivity index (χ1v) is 7.61. The summed E-state index contributed by atoms with van der Waals surface area (Å²) in [6, 6.07) is 13.0. The van der Waals surface area contributed by atoms with Crippen molar-refractivity contribution in [1.29, 1.82) is 0 Å². The third kappa shape index (κ3) is 3.08. The maximum Gasteiger partial charge on any atom is 0.278 e. The minimum atomic E-state index is -1.63. The monoisotopic (exact) mass is 328 g/mol. The van der Waals surface area contributed by atoms with Gasteiger partial charge in [-0.3, -0.25) is 9.59 Å². The molecule has 3 rings (SSSR count). The van der Waals surface area contributed by atoms with Gasteiger partial charge in [0.1, 0.15) is 11.6 Å². The Morgan fingerprint density at radius 2 is 1.92 bits per heavy atom. The van der Waals surface area contributed by atoms with Crippen LogP contribution >= 0.6 is 0 Å². The maximum atomic E-state index is 12.9. The molecule has 0 saturated heterocycles. The number of benzene rings is 2. The molecule has 1 aliphatic rings. The van der Waals surface area contributed by atoms with E-state index in [4.69, 9.17) is 4.74 Å². The van der Waals surface area contributed by atoms with Crippen molar-refractivity contribution in [2.45, 2.75) is 18.9 Å². The summed E-state index contributed by atoms with van der Waals surface area (Å²) in [6.45, 7) is 1.75. The van der Waals surface area contributed by atoms with E-state index in [1.54, 1.807) is 36.4 Å². The molecule has 1 aliphatic heterocycles. The van der Waals surface area contributed by atoms with E-state index in [0.29, 0.717) is 24.4 Å². The van der Waals surface area contributed by atoms with E-state index in [1.807, 2.05) is 0 Å². The lowest BCUT2D eigenvalue weighted by Crippen LogP contribution is -2.58. The average molecular weight is 328 g/mol. The molecule has 1 heterocycles. The second-order valence-corrected chi connectivity index (χ2v) is 5.72. The van der Waals surface area contributed by atoms with Crippen LogP contribution < -0.4 is 15.4 Å². The molecule has 0 bridgehead atoms. The molecule has 2 N–H and O–H groups in total. The van der Waals surface area contributed by atoms with Crippen LogP contribution in [0.15, 0.2) is 48.5 Å². The predicted octanol–water partition coefficient (Wildman–Crippen LogP) is 2.27. The van der Waals surface area contributed by atoms with E-state index < -0.39 is 17.4 Å². The van der Waals surface area contributed by atoms with Crippen molar-refractivity contribution in [3.63, 3.8) is 0 Å². The van der Waals surface area contributed by atoms with Gasteiger partial charge in [0.2, 0.25) is 0 Å². The zero-order chi connectivity index (χ0) is 17.2. The molecule has 0 spiro atoms. The molecule has 6 heteroatoms. The minimum absolute atomic E-state index is 0.304. The SMILES string of the molecule is C[C@]1(C(=O)NCCc2ccc(F)cc2)Oc2ccccc2NC1=O. The standard InChI is InChI=1S/C18H17FN2O3/c1-18(17(23)21-14-4-2-3-5-15(14)24-18)16(22)20-11-10-12-6-8-13(19)9-7-12/h2-9H,10-11H2,1H3,(H,20,22)(H,21,23)/t18-/m1/s1. The normalized spacial score (nSPS) is 19.0. The van der Waals surface area contributed by atoms with Gasteiger partial charge in [-0.1, -0.05) is 24.3 Å². The van der Waals surface area contributed by atoms with E-state index >= 15 is 0 Å². The van der Waals surface area contributed by atoms with Crippen molar-refractivity contribution < 1.29 is 18.7 Å². The predicted molar refractivity (Wildman–Crippen MR) is 87.2 cm³/mol. The topological polar surface area (TPSA) is 67.4 Å². The summed E-state index contributed by atoms with van der Waals surface area (Å²) in [4.78, 5) is 24.7. The van der Waals surface area contributed by atoms with Crippen LogP contribution in [0.3, 0.4) is 0 Å². The van der Waals surface area contributed by atoms with Crippen LogP contribution in [0.4, 0.5) is 10.1 Å². The minimum Gasteiger partial charge on any atom is -0.466 e. The van der Waals surface area contributed by atoms with Crippen molar-refractivity contribution in [2.75, 3.05) is 11.9 Å². The first kappa shape index (κ1) is 16.0. The highest BCUT2D eigenvalue weighted by molar-refractivity contribution is 6.15. The van der Waals surface area contributed by atoms with Gasteiger partial charge < -0.3 is 15.4 Å². The molecule has 0 radical (unpaired) electrons. The molecule has 2 aromatic carbocycles. The van der Waals surface area contributed by atoms with Gasteiger partial charge >= 0.3 is 0 Å². The van der Waals surface area contributed by atoms with Crippen LogP contribution in [0.5, 0.6) is 5.75 Å². The summed E-state index contributed by atoms with van der Waals surface area (Å²) < 4.78 is 18.5. The Bertz CT molecular complexity index is 776. The van der Waals surface area contributed by atoms with Gasteiger partial charge in [0, 0.05) is 6.54 Å². The number of carbonyl (C=O) groups is 2. The lowest BCUT2D eigenvalue weighted by molar-refractivity contribution is -0.146. The molecule has 2 amide bonds. The van der Waals surface area contributed by atoms with Crippen LogP contribution in [0.25, 0.3) is 0 Å². The molecule has 0 aromatic heterocycles. The van der Waals surface area contributed by atoms with Crippen LogP contribution in [0.1, 0.15) is 12.5 Å². The number of rotatable bonds is 4. The first-order valence-electron chi connectivity index (χ1n) is 7.61. The van der Waals surface area contributed by atoms with Crippen LogP contribution in [-0.2, 0) is 16.0 Å². The number of hydrogen-bond donors (Lipinski definition) is 2. The fraction of sp³-hybridized carbons (Fsp3) is 0.222. The number of para-hydroxylation sites is 2. The van der Waals surface area contributed by atoms with Crippen molar-refractivity contribution >= 4 is 17.5 Å². The number of hydrogen-bond acceptors (Lipinski definition) is 3. The molecular weight excluding hydrogens is 311 g/mol. The Balaban J connectivity index is 1.63. The molecule has 1 atom stereocenters. The highest BCUT2D eigenvalue weighted by Crippen LogP contribution is 2.33. The Morgan fingerprint density at radius 1 is 1.21 bits per heavy atom. The molecule has 124 valence electrons. The van der Waals surface area contributed by atoms with Crippen LogP contribution in [0, 0.1) is 5.82 Å². The zero-order valence-corrected chi connectivity index (χ0v) is 13.1. The summed E-state index contributed by atoms with van der Waals surface area (Å²) in [5.41, 5.74) is -0.197. The molecule has 24 heavy (non-hydrogen) atoms. The van der Waals surface area contributed by atoms with Crippen molar-refractivity contribution in [1.82, 2.24) is 5.32 Å². The number of carbonyl (C=O) groups excluding carboxylic acids is 2. The first-order chi connectivity index (χ1) is 11.5. The van der Waals surface area contributed by atoms with Gasteiger partial charge in [-0.15, -0.1) is 0 Å². The Morgan fingerprint density at radius 3 is 2.67 bits per heavy atom. The van der Waals surface area contributed by atoms with Crippen molar-refractivity contribution in [2.24, 2.45) is 0 Å². The third-order valence-electron chi connectivity index (χ3n) is 3.93. The summed E-state index contributed by atoms with van der Waals surface area (Å²) in [5.74, 6) is -0.883. The maximum absolute atomic E-state index is 12.9. The van der Waals surface area contributed by atoms with E-state index in [0.717, 1.165) is 5.56 Å². The highest BCUT2D eigenvalue weighted by atomic mass is 19.1. The molecule has 0 unspecified atom stereocenters. The molecular formula is C18H17FN2O3. The van der Waals surface area contributed by atoms with E-state index in [9.17, 15) is 14.0 Å². The van der Waals surface area contributed by atoms with Crippen LogP contribution in [0.2, 0.25) is 0 Å². The lowest BCUT2D eigenvalue weighted by Gasteiger charge is -2.33. The Labute approximate surface area is 138 Å². The molecule has 0 saturated carbocycles. The van der Waals surface area contributed by atoms with E-state index in [2.05, 4.69) is 10.6 Å². The van der Waals surface area contributed by atoms with Gasteiger partial charge in [-0.25, -0.2) is 4.39 Å². The summed E-state index contributed by atoms with van der Waals surface area (Å²) in [7, 11) is 0. The lowest BCUT2D eigenvalue weighted by atomic mass is 10.0. The summed E-state index contributed by atoms with van der Waals surface area (Å²) in [5, 5.41) is 5.38. The summed E-state index contributed by atoms with van der Waals surface area (Å²) in [6.07, 6.45) is 0.528. The van der Waals surface area contributed by atoms with Gasteiger partial charge in [-0.2, -0.15) is 0 Å². The third-order valence-corrected chi connectivity index (χ3v) is 3.93. The fourth-order valence-corrected chi connectivity index (χ4v) is 2.46. The quantitative estimate of drug-likeness (QED) is 0.846. The average Bonchev–Trinajstić information content (AvgIpc) is 2.57. The molecule has 0 fully saturated rings. The second kappa shape index (κ2) is 6.31. The molecule has 0 aliphatic carbocycles. The zero-order valence-electron chi connectivity index (χ0n) is 13.1. The Hall–Kier alpha value is -2.89. The molecule has 5 nitrogen and oxygen atoms in total. The second-order valence-electron chi connectivity index (χ2n) is 5.72. The number of amides is 2.